The lowest BCUT2D eigenvalue weighted by Gasteiger charge is -2.45. The van der Waals surface area contributed by atoms with Crippen molar-refractivity contribution in [1.82, 2.24) is 39.7 Å². The molecular weight excluding hydrogens is 629 g/mol. The van der Waals surface area contributed by atoms with Gasteiger partial charge in [-0.25, -0.2) is 14.4 Å². The predicted octanol–water partition coefficient (Wildman–Crippen LogP) is 3.07. The van der Waals surface area contributed by atoms with E-state index in [1.807, 2.05) is 26.0 Å². The van der Waals surface area contributed by atoms with E-state index in [0.717, 1.165) is 45.1 Å². The van der Waals surface area contributed by atoms with Gasteiger partial charge in [-0.1, -0.05) is 19.1 Å². The van der Waals surface area contributed by atoms with Crippen LogP contribution in [-0.2, 0) is 11.8 Å². The molecule has 5 heterocycles. The standard InChI is InChI=1S/C34H38FN11O3/c1-34(2)20-46(32(47)28-17-43(3)42-41-28)16-27(35)30(34)49-29-9-4-22(14-23(29)15-36)31-37-21-38-33(40-31)39-24-5-7-25(8-6-24)44-10-12-45(13-11-44)26-18-48-19-26/h4-9,14,17,21,26-27,30H,10-13,16,18-20H2,1-3H3,(H,37,38,39,40)/t27-,30+/m0/s1. The van der Waals surface area contributed by atoms with Crippen LogP contribution >= 0.6 is 0 Å². The lowest BCUT2D eigenvalue weighted by Crippen LogP contribution is -2.59. The second-order valence-corrected chi connectivity index (χ2v) is 13.3. The normalized spacial score (nSPS) is 21.1. The summed E-state index contributed by atoms with van der Waals surface area (Å²) in [5.41, 5.74) is 2.18. The number of benzene rings is 2. The quantitative estimate of drug-likeness (QED) is 0.294. The summed E-state index contributed by atoms with van der Waals surface area (Å²) in [4.78, 5) is 32.5. The van der Waals surface area contributed by atoms with Crippen molar-refractivity contribution in [3.8, 4) is 23.2 Å². The number of carbonyl (C=O) groups is 1. The first-order valence-electron chi connectivity index (χ1n) is 16.3. The lowest BCUT2D eigenvalue weighted by molar-refractivity contribution is -0.0660. The number of halogens is 1. The minimum absolute atomic E-state index is 0.155. The van der Waals surface area contributed by atoms with Crippen molar-refractivity contribution >= 4 is 23.2 Å². The summed E-state index contributed by atoms with van der Waals surface area (Å²) in [6, 6.07) is 15.9. The van der Waals surface area contributed by atoms with Gasteiger partial charge in [0.25, 0.3) is 5.91 Å². The summed E-state index contributed by atoms with van der Waals surface area (Å²) >= 11 is 0. The number of piperidine rings is 1. The maximum absolute atomic E-state index is 15.7. The number of ether oxygens (including phenoxy) is 2. The van der Waals surface area contributed by atoms with Gasteiger partial charge in [0.15, 0.2) is 17.7 Å². The van der Waals surface area contributed by atoms with Gasteiger partial charge < -0.3 is 24.6 Å². The van der Waals surface area contributed by atoms with Gasteiger partial charge >= 0.3 is 0 Å². The van der Waals surface area contributed by atoms with Crippen molar-refractivity contribution in [3.63, 3.8) is 0 Å². The molecule has 1 N–H and O–H groups in total. The molecule has 0 aliphatic carbocycles. The third kappa shape index (κ3) is 6.87. The van der Waals surface area contributed by atoms with Crippen molar-refractivity contribution in [2.75, 3.05) is 62.7 Å². The van der Waals surface area contributed by atoms with E-state index in [1.165, 1.54) is 27.8 Å². The van der Waals surface area contributed by atoms with Crippen LogP contribution < -0.4 is 15.0 Å². The third-order valence-electron chi connectivity index (χ3n) is 9.32. The highest BCUT2D eigenvalue weighted by atomic mass is 19.1. The monoisotopic (exact) mass is 667 g/mol. The Bertz CT molecular complexity index is 1850. The zero-order valence-corrected chi connectivity index (χ0v) is 27.7. The molecule has 4 aromatic rings. The van der Waals surface area contributed by atoms with Gasteiger partial charge in [0.2, 0.25) is 5.95 Å². The van der Waals surface area contributed by atoms with E-state index in [-0.39, 0.29) is 30.1 Å². The van der Waals surface area contributed by atoms with Crippen LogP contribution in [0.25, 0.3) is 11.4 Å². The van der Waals surface area contributed by atoms with Gasteiger partial charge in [-0.3, -0.25) is 14.4 Å². The second kappa shape index (κ2) is 13.4. The van der Waals surface area contributed by atoms with E-state index in [2.05, 4.69) is 58.6 Å². The Kier molecular flexibility index (Phi) is 8.82. The van der Waals surface area contributed by atoms with Gasteiger partial charge in [0.05, 0.1) is 37.6 Å². The van der Waals surface area contributed by atoms with E-state index in [4.69, 9.17) is 9.47 Å². The van der Waals surface area contributed by atoms with E-state index in [0.29, 0.717) is 23.4 Å². The Balaban J connectivity index is 0.997. The van der Waals surface area contributed by atoms with Crippen molar-refractivity contribution < 1.29 is 18.7 Å². The molecule has 15 heteroatoms. The number of rotatable bonds is 8. The fraction of sp³-hybridized carbons (Fsp3) is 0.441. The predicted molar refractivity (Wildman–Crippen MR) is 178 cm³/mol. The lowest BCUT2D eigenvalue weighted by atomic mass is 9.80. The van der Waals surface area contributed by atoms with Crippen molar-refractivity contribution in [3.05, 3.63) is 66.2 Å². The highest BCUT2D eigenvalue weighted by Crippen LogP contribution is 2.36. The minimum atomic E-state index is -1.50. The Hall–Kier alpha value is -5.20. The number of anilines is 3. The molecule has 0 radical (unpaired) electrons. The highest BCUT2D eigenvalue weighted by molar-refractivity contribution is 5.92. The summed E-state index contributed by atoms with van der Waals surface area (Å²) in [7, 11) is 1.66. The number of piperazine rings is 1. The topological polar surface area (TPSA) is 150 Å². The number of alkyl halides is 1. The molecule has 14 nitrogen and oxygen atoms in total. The van der Waals surface area contributed by atoms with Crippen LogP contribution in [0.1, 0.15) is 29.9 Å². The molecule has 0 saturated carbocycles. The zero-order chi connectivity index (χ0) is 34.1. The largest absolute Gasteiger partial charge is 0.485 e. The number of aromatic nitrogens is 6. The molecule has 1 amide bonds. The number of nitrogens with zero attached hydrogens (tertiary/aromatic N) is 10. The SMILES string of the molecule is Cn1cc(C(=O)N2C[C@H](F)[C@@H](Oc3ccc(-c4ncnc(Nc5ccc(N6CCN(C7COC7)CC6)cc5)n4)cc3C#N)C(C)(C)C2)nn1. The molecule has 2 aromatic heterocycles. The van der Waals surface area contributed by atoms with Gasteiger partial charge in [-0.15, -0.1) is 5.10 Å². The molecule has 3 aliphatic heterocycles. The van der Waals surface area contributed by atoms with Crippen LogP contribution in [0.4, 0.5) is 21.7 Å². The second-order valence-electron chi connectivity index (χ2n) is 13.3. The fourth-order valence-electron chi connectivity index (χ4n) is 6.59. The molecule has 2 atom stereocenters. The molecule has 3 aliphatic rings. The van der Waals surface area contributed by atoms with Crippen molar-refractivity contribution in [2.45, 2.75) is 32.2 Å². The van der Waals surface area contributed by atoms with Crippen LogP contribution in [0, 0.1) is 16.7 Å². The van der Waals surface area contributed by atoms with E-state index in [9.17, 15) is 10.1 Å². The smallest absolute Gasteiger partial charge is 0.276 e. The summed E-state index contributed by atoms with van der Waals surface area (Å²) in [5.74, 6) is 0.577. The number of aryl methyl sites for hydroxylation is 1. The Labute approximate surface area is 283 Å². The highest BCUT2D eigenvalue weighted by Gasteiger charge is 2.46. The molecule has 0 spiro atoms. The van der Waals surface area contributed by atoms with Crippen LogP contribution in [0.2, 0.25) is 0 Å². The van der Waals surface area contributed by atoms with Gasteiger partial charge in [-0.05, 0) is 42.5 Å². The van der Waals surface area contributed by atoms with E-state index >= 15 is 4.39 Å². The number of likely N-dealkylation sites (tertiary alicyclic amines) is 1. The molecule has 0 unspecified atom stereocenters. The van der Waals surface area contributed by atoms with Crippen LogP contribution in [-0.4, -0.2) is 116 Å². The zero-order valence-electron chi connectivity index (χ0n) is 27.7. The van der Waals surface area contributed by atoms with Gasteiger partial charge in [0.1, 0.15) is 24.3 Å². The minimum Gasteiger partial charge on any atom is -0.485 e. The molecule has 3 saturated heterocycles. The van der Waals surface area contributed by atoms with Crippen LogP contribution in [0.15, 0.2) is 55.0 Å². The maximum Gasteiger partial charge on any atom is 0.276 e. The molecule has 3 fully saturated rings. The van der Waals surface area contributed by atoms with E-state index < -0.39 is 23.6 Å². The Morgan fingerprint density at radius 2 is 1.88 bits per heavy atom. The van der Waals surface area contributed by atoms with Crippen molar-refractivity contribution in [1.29, 1.82) is 5.26 Å². The number of hydrogen-bond donors (Lipinski definition) is 1. The number of nitriles is 1. The Morgan fingerprint density at radius 3 is 2.53 bits per heavy atom. The maximum atomic E-state index is 15.7. The summed E-state index contributed by atoms with van der Waals surface area (Å²) < 4.78 is 28.6. The molecule has 0 bridgehead atoms. The third-order valence-corrected chi connectivity index (χ3v) is 9.32. The van der Waals surface area contributed by atoms with Crippen LogP contribution in [0.3, 0.4) is 0 Å². The number of nitrogens with one attached hydrogen (secondary N) is 1. The molecule has 254 valence electrons. The molecule has 7 rings (SSSR count). The Morgan fingerprint density at radius 1 is 1.10 bits per heavy atom. The number of hydrogen-bond acceptors (Lipinski definition) is 12. The van der Waals surface area contributed by atoms with Crippen molar-refractivity contribution in [2.24, 2.45) is 12.5 Å². The first-order chi connectivity index (χ1) is 23.7. The fourth-order valence-corrected chi connectivity index (χ4v) is 6.59. The number of carbonyl (C=O) groups excluding carboxylic acids is 1. The summed E-state index contributed by atoms with van der Waals surface area (Å²) in [6.07, 6.45) is 0.515. The van der Waals surface area contributed by atoms with Gasteiger partial charge in [0, 0.05) is 62.1 Å². The first kappa shape index (κ1) is 32.4. The molecule has 2 aromatic carbocycles. The molecular formula is C34H38FN11O3. The summed E-state index contributed by atoms with van der Waals surface area (Å²) in [5, 5.41) is 20.9. The van der Waals surface area contributed by atoms with Crippen LogP contribution in [0.5, 0.6) is 5.75 Å². The first-order valence-corrected chi connectivity index (χ1v) is 16.3. The molecule has 49 heavy (non-hydrogen) atoms. The average molecular weight is 668 g/mol. The number of amides is 1. The summed E-state index contributed by atoms with van der Waals surface area (Å²) in [6.45, 7) is 9.45. The van der Waals surface area contributed by atoms with Gasteiger partial charge in [-0.2, -0.15) is 10.2 Å². The average Bonchev–Trinajstić information content (AvgIpc) is 3.52. The van der Waals surface area contributed by atoms with E-state index in [1.54, 1.807) is 25.2 Å².